The number of nitrogens with zero attached hydrogens (tertiary/aromatic N) is 1. The molecule has 1 aromatic rings. The van der Waals surface area contributed by atoms with Gasteiger partial charge in [-0.25, -0.2) is 0 Å². The molecule has 0 saturated carbocycles. The van der Waals surface area contributed by atoms with Gasteiger partial charge in [0, 0.05) is 23.3 Å². The van der Waals surface area contributed by atoms with Crippen molar-refractivity contribution in [1.29, 1.82) is 0 Å². The van der Waals surface area contributed by atoms with E-state index < -0.39 is 0 Å². The molecule has 2 saturated heterocycles. The Morgan fingerprint density at radius 1 is 1.35 bits per heavy atom. The molecule has 4 heteroatoms. The Kier molecular flexibility index (Phi) is 3.44. The largest absolute Gasteiger partial charge is 0.317 e. The predicted octanol–water partition coefficient (Wildman–Crippen LogP) is 2.98. The van der Waals surface area contributed by atoms with Crippen LogP contribution in [0.25, 0.3) is 0 Å². The lowest BCUT2D eigenvalue weighted by Crippen LogP contribution is -2.38. The molecule has 3 heterocycles. The van der Waals surface area contributed by atoms with Crippen LogP contribution in [-0.4, -0.2) is 31.1 Å². The van der Waals surface area contributed by atoms with Crippen molar-refractivity contribution in [3.63, 3.8) is 0 Å². The van der Waals surface area contributed by atoms with Gasteiger partial charge >= 0.3 is 0 Å². The highest BCUT2D eigenvalue weighted by Crippen LogP contribution is 2.39. The minimum atomic E-state index is 0.617. The summed E-state index contributed by atoms with van der Waals surface area (Å²) in [6, 6.07) is 2.11. The lowest BCUT2D eigenvalue weighted by atomic mass is 9.78. The van der Waals surface area contributed by atoms with Crippen molar-refractivity contribution in [2.24, 2.45) is 5.41 Å². The van der Waals surface area contributed by atoms with Gasteiger partial charge in [0.2, 0.25) is 0 Å². The molecule has 1 aromatic heterocycles. The molecule has 0 aliphatic carbocycles. The van der Waals surface area contributed by atoms with E-state index in [2.05, 4.69) is 16.3 Å². The Bertz CT molecular complexity index is 385. The topological polar surface area (TPSA) is 15.3 Å². The molecule has 3 rings (SSSR count). The van der Waals surface area contributed by atoms with Crippen LogP contribution in [0.15, 0.2) is 11.4 Å². The third-order valence-corrected chi connectivity index (χ3v) is 5.45. The van der Waals surface area contributed by atoms with Crippen LogP contribution in [-0.2, 0) is 6.54 Å². The number of likely N-dealkylation sites (tertiary alicyclic amines) is 1. The summed E-state index contributed by atoms with van der Waals surface area (Å²) in [4.78, 5) is 4.01. The van der Waals surface area contributed by atoms with Gasteiger partial charge in [-0.05, 0) is 50.4 Å². The molecule has 2 fully saturated rings. The maximum absolute atomic E-state index is 5.97. The normalized spacial score (nSPS) is 24.5. The van der Waals surface area contributed by atoms with Crippen LogP contribution >= 0.6 is 22.9 Å². The van der Waals surface area contributed by atoms with Crippen LogP contribution in [0.4, 0.5) is 0 Å². The molecule has 0 atom stereocenters. The highest BCUT2D eigenvalue weighted by atomic mass is 35.5. The fourth-order valence-corrected chi connectivity index (χ4v) is 4.30. The standard InChI is InChI=1S/C13H19ClN2S/c14-11-7-12(17-9-11)8-16-6-3-13(10-16)1-4-15-5-2-13/h7,9,15H,1-6,8,10H2. The van der Waals surface area contributed by atoms with Crippen molar-refractivity contribution in [2.45, 2.75) is 25.8 Å². The monoisotopic (exact) mass is 270 g/mol. The van der Waals surface area contributed by atoms with E-state index in [1.54, 1.807) is 11.3 Å². The summed E-state index contributed by atoms with van der Waals surface area (Å²) < 4.78 is 0. The van der Waals surface area contributed by atoms with E-state index in [4.69, 9.17) is 11.6 Å². The van der Waals surface area contributed by atoms with Crippen molar-refractivity contribution < 1.29 is 0 Å². The molecule has 2 aliphatic heterocycles. The predicted molar refractivity (Wildman–Crippen MR) is 73.8 cm³/mol. The minimum Gasteiger partial charge on any atom is -0.317 e. The highest BCUT2D eigenvalue weighted by molar-refractivity contribution is 7.10. The zero-order valence-corrected chi connectivity index (χ0v) is 11.6. The Balaban J connectivity index is 1.60. The Labute approximate surface area is 112 Å². The first-order chi connectivity index (χ1) is 8.26. The minimum absolute atomic E-state index is 0.617. The van der Waals surface area contributed by atoms with Gasteiger partial charge in [-0.15, -0.1) is 11.3 Å². The smallest absolute Gasteiger partial charge is 0.0516 e. The van der Waals surface area contributed by atoms with Gasteiger partial charge in [-0.2, -0.15) is 0 Å². The number of piperidine rings is 1. The number of halogens is 1. The van der Waals surface area contributed by atoms with E-state index in [1.165, 1.54) is 50.3 Å². The molecule has 0 unspecified atom stereocenters. The third-order valence-electron chi connectivity index (χ3n) is 4.18. The van der Waals surface area contributed by atoms with Gasteiger partial charge in [0.1, 0.15) is 0 Å². The molecule has 0 radical (unpaired) electrons. The Morgan fingerprint density at radius 3 is 2.88 bits per heavy atom. The second kappa shape index (κ2) is 4.88. The summed E-state index contributed by atoms with van der Waals surface area (Å²) in [6.07, 6.45) is 4.09. The van der Waals surface area contributed by atoms with Gasteiger partial charge in [0.15, 0.2) is 0 Å². The van der Waals surface area contributed by atoms with E-state index in [1.807, 2.05) is 5.38 Å². The maximum Gasteiger partial charge on any atom is 0.0516 e. The van der Waals surface area contributed by atoms with Crippen LogP contribution in [0.5, 0.6) is 0 Å². The Morgan fingerprint density at radius 2 is 2.18 bits per heavy atom. The maximum atomic E-state index is 5.97. The number of hydrogen-bond donors (Lipinski definition) is 1. The summed E-state index contributed by atoms with van der Waals surface area (Å²) in [7, 11) is 0. The van der Waals surface area contributed by atoms with E-state index in [-0.39, 0.29) is 0 Å². The summed E-state index contributed by atoms with van der Waals surface area (Å²) in [5, 5.41) is 6.39. The number of rotatable bonds is 2. The fourth-order valence-electron chi connectivity index (χ4n) is 3.19. The van der Waals surface area contributed by atoms with Crippen molar-refractivity contribution in [3.8, 4) is 0 Å². The summed E-state index contributed by atoms with van der Waals surface area (Å²) in [5.41, 5.74) is 0.617. The van der Waals surface area contributed by atoms with Crippen molar-refractivity contribution in [2.75, 3.05) is 26.2 Å². The summed E-state index contributed by atoms with van der Waals surface area (Å²) in [6.45, 7) is 6.05. The molecular formula is C13H19ClN2S. The van der Waals surface area contributed by atoms with E-state index in [0.717, 1.165) is 11.6 Å². The molecular weight excluding hydrogens is 252 g/mol. The molecule has 0 amide bonds. The average Bonchev–Trinajstić information content (AvgIpc) is 2.89. The molecule has 17 heavy (non-hydrogen) atoms. The molecule has 0 aromatic carbocycles. The van der Waals surface area contributed by atoms with Crippen LogP contribution < -0.4 is 5.32 Å². The van der Waals surface area contributed by atoms with Crippen molar-refractivity contribution >= 4 is 22.9 Å². The van der Waals surface area contributed by atoms with Gasteiger partial charge in [0.25, 0.3) is 0 Å². The van der Waals surface area contributed by atoms with Crippen LogP contribution in [0.3, 0.4) is 0 Å². The SMILES string of the molecule is Clc1csc(CN2CCC3(CCNCC3)C2)c1. The molecule has 1 N–H and O–H groups in total. The van der Waals surface area contributed by atoms with Gasteiger partial charge in [-0.3, -0.25) is 4.90 Å². The van der Waals surface area contributed by atoms with Crippen molar-refractivity contribution in [1.82, 2.24) is 10.2 Å². The van der Waals surface area contributed by atoms with E-state index in [0.29, 0.717) is 5.41 Å². The summed E-state index contributed by atoms with van der Waals surface area (Å²) >= 11 is 7.76. The zero-order valence-electron chi connectivity index (χ0n) is 10.0. The summed E-state index contributed by atoms with van der Waals surface area (Å²) in [5.74, 6) is 0. The molecule has 2 nitrogen and oxygen atoms in total. The van der Waals surface area contributed by atoms with Gasteiger partial charge in [0.05, 0.1) is 5.02 Å². The first-order valence-corrected chi connectivity index (χ1v) is 7.68. The lowest BCUT2D eigenvalue weighted by Gasteiger charge is -2.33. The average molecular weight is 271 g/mol. The van der Waals surface area contributed by atoms with Crippen molar-refractivity contribution in [3.05, 3.63) is 21.3 Å². The molecule has 2 aliphatic rings. The number of nitrogens with one attached hydrogen (secondary N) is 1. The van der Waals surface area contributed by atoms with Crippen LogP contribution in [0.1, 0.15) is 24.1 Å². The quantitative estimate of drug-likeness (QED) is 0.889. The second-order valence-corrected chi connectivity index (χ2v) is 6.87. The van der Waals surface area contributed by atoms with E-state index >= 15 is 0 Å². The first kappa shape index (κ1) is 12.0. The van der Waals surface area contributed by atoms with Gasteiger partial charge < -0.3 is 5.32 Å². The molecule has 0 bridgehead atoms. The first-order valence-electron chi connectivity index (χ1n) is 6.42. The highest BCUT2D eigenvalue weighted by Gasteiger charge is 2.38. The van der Waals surface area contributed by atoms with Crippen LogP contribution in [0, 0.1) is 5.41 Å². The zero-order chi connectivity index (χ0) is 11.7. The third kappa shape index (κ3) is 2.68. The Hall–Kier alpha value is -0.0900. The van der Waals surface area contributed by atoms with E-state index in [9.17, 15) is 0 Å². The number of hydrogen-bond acceptors (Lipinski definition) is 3. The second-order valence-electron chi connectivity index (χ2n) is 5.44. The van der Waals surface area contributed by atoms with Gasteiger partial charge in [-0.1, -0.05) is 11.6 Å². The molecule has 94 valence electrons. The molecule has 1 spiro atoms. The van der Waals surface area contributed by atoms with Crippen LogP contribution in [0.2, 0.25) is 5.02 Å². The lowest BCUT2D eigenvalue weighted by molar-refractivity contribution is 0.194. The fraction of sp³-hybridized carbons (Fsp3) is 0.692. The number of thiophene rings is 1.